The van der Waals surface area contributed by atoms with E-state index in [1.165, 1.54) is 12.1 Å². The molecule has 1 aliphatic carbocycles. The smallest absolute Gasteiger partial charge is 0.280 e. The van der Waals surface area contributed by atoms with E-state index in [0.29, 0.717) is 42.6 Å². The highest BCUT2D eigenvalue weighted by molar-refractivity contribution is 6.42. The third-order valence-corrected chi connectivity index (χ3v) is 7.28. The van der Waals surface area contributed by atoms with Crippen molar-refractivity contribution in [1.29, 1.82) is 0 Å². The number of aromatic nitrogens is 2. The molecule has 1 fully saturated rings. The Kier molecular flexibility index (Phi) is 7.38. The third kappa shape index (κ3) is 5.30. The second-order valence-electron chi connectivity index (χ2n) is 9.26. The molecule has 186 valence electrons. The summed E-state index contributed by atoms with van der Waals surface area (Å²) in [5, 5.41) is 15.3. The van der Waals surface area contributed by atoms with Crippen LogP contribution >= 0.6 is 23.2 Å². The van der Waals surface area contributed by atoms with Gasteiger partial charge in [-0.25, -0.2) is 4.98 Å². The van der Waals surface area contributed by atoms with Gasteiger partial charge in [0.2, 0.25) is 0 Å². The van der Waals surface area contributed by atoms with Gasteiger partial charge in [0.05, 0.1) is 33.8 Å². The van der Waals surface area contributed by atoms with Gasteiger partial charge in [-0.1, -0.05) is 35.3 Å². The Morgan fingerprint density at radius 1 is 1.29 bits per heavy atom. The van der Waals surface area contributed by atoms with Crippen LogP contribution in [0.5, 0.6) is 5.75 Å². The number of fused-ring (bicyclic) bond motifs is 1. The lowest BCUT2D eigenvalue weighted by atomic mass is 9.69. The van der Waals surface area contributed by atoms with E-state index in [-0.39, 0.29) is 27.7 Å². The van der Waals surface area contributed by atoms with Crippen molar-refractivity contribution >= 4 is 40.1 Å². The number of aromatic amines is 1. The molecule has 3 atom stereocenters. The van der Waals surface area contributed by atoms with Crippen molar-refractivity contribution in [3.63, 3.8) is 0 Å². The van der Waals surface area contributed by atoms with Crippen LogP contribution in [-0.4, -0.2) is 59.7 Å². The van der Waals surface area contributed by atoms with E-state index < -0.39 is 17.1 Å². The van der Waals surface area contributed by atoms with Gasteiger partial charge in [0.25, 0.3) is 11.5 Å². The van der Waals surface area contributed by atoms with Gasteiger partial charge in [0.15, 0.2) is 5.69 Å². The maximum atomic E-state index is 13.0. The lowest BCUT2D eigenvalue weighted by Gasteiger charge is -2.44. The molecule has 3 N–H and O–H groups in total. The zero-order valence-electron chi connectivity index (χ0n) is 19.8. The summed E-state index contributed by atoms with van der Waals surface area (Å²) in [6.07, 6.45) is 1.51. The van der Waals surface area contributed by atoms with E-state index in [9.17, 15) is 14.7 Å². The highest BCUT2D eigenvalue weighted by Crippen LogP contribution is 2.43. The molecule has 4 rings (SSSR count). The molecule has 1 aromatic heterocycles. The molecule has 0 radical (unpaired) electrons. The maximum absolute atomic E-state index is 13.0. The van der Waals surface area contributed by atoms with Gasteiger partial charge in [-0.3, -0.25) is 9.59 Å². The van der Waals surface area contributed by atoms with Crippen LogP contribution in [0.2, 0.25) is 10.0 Å². The standard InChI is InChI=1S/C25H28Cl2N4O4/c1-31(2)13-15-9-16(7-8-25(15,34)14-5-4-6-17(10-14)35-3)28-23(32)22-24(33)30-21-12-19(27)18(26)11-20(21)29-22/h4-6,10-12,15-16,34H,7-9,13H2,1-3H3,(H,28,32)(H,30,33). The number of carbonyl (C=O) groups excluding carboxylic acids is 1. The highest BCUT2D eigenvalue weighted by atomic mass is 35.5. The molecule has 1 saturated carbocycles. The average Bonchev–Trinajstić information content (AvgIpc) is 2.81. The van der Waals surface area contributed by atoms with Crippen LogP contribution in [0.25, 0.3) is 11.0 Å². The van der Waals surface area contributed by atoms with Crippen LogP contribution in [-0.2, 0) is 5.60 Å². The number of nitrogens with one attached hydrogen (secondary N) is 2. The SMILES string of the molecule is COc1cccc(C2(O)CCC(NC(=O)c3nc4cc(Cl)c(Cl)cc4[nH]c3=O)CC2CN(C)C)c1. The molecule has 1 heterocycles. The molecule has 1 aliphatic rings. The second kappa shape index (κ2) is 10.1. The monoisotopic (exact) mass is 518 g/mol. The van der Waals surface area contributed by atoms with Crippen LogP contribution in [0.3, 0.4) is 0 Å². The minimum Gasteiger partial charge on any atom is -0.497 e. The van der Waals surface area contributed by atoms with Crippen LogP contribution in [0, 0.1) is 5.92 Å². The van der Waals surface area contributed by atoms with Crippen molar-refractivity contribution in [2.75, 3.05) is 27.7 Å². The summed E-state index contributed by atoms with van der Waals surface area (Å²) in [7, 11) is 5.49. The van der Waals surface area contributed by atoms with Crippen molar-refractivity contribution in [3.05, 3.63) is 68.1 Å². The minimum atomic E-state index is -1.07. The van der Waals surface area contributed by atoms with E-state index in [4.69, 9.17) is 27.9 Å². The normalized spacial score (nSPS) is 22.4. The van der Waals surface area contributed by atoms with Crippen molar-refractivity contribution < 1.29 is 14.6 Å². The van der Waals surface area contributed by atoms with Gasteiger partial charge in [0.1, 0.15) is 5.75 Å². The van der Waals surface area contributed by atoms with Gasteiger partial charge in [-0.15, -0.1) is 0 Å². The number of rotatable bonds is 6. The number of hydrogen-bond donors (Lipinski definition) is 3. The topological polar surface area (TPSA) is 108 Å². The second-order valence-corrected chi connectivity index (χ2v) is 10.1. The van der Waals surface area contributed by atoms with E-state index in [2.05, 4.69) is 15.3 Å². The van der Waals surface area contributed by atoms with E-state index in [1.807, 2.05) is 43.3 Å². The summed E-state index contributed by atoms with van der Waals surface area (Å²) in [4.78, 5) is 34.5. The van der Waals surface area contributed by atoms with E-state index in [0.717, 1.165) is 5.56 Å². The first-order valence-corrected chi connectivity index (χ1v) is 12.1. The van der Waals surface area contributed by atoms with Gasteiger partial charge >= 0.3 is 0 Å². The maximum Gasteiger partial charge on any atom is 0.280 e. The first-order chi connectivity index (χ1) is 16.6. The number of amides is 1. The van der Waals surface area contributed by atoms with Crippen LogP contribution < -0.4 is 15.6 Å². The Hall–Kier alpha value is -2.65. The molecule has 0 bridgehead atoms. The molecule has 0 spiro atoms. The first-order valence-electron chi connectivity index (χ1n) is 11.3. The fourth-order valence-electron chi connectivity index (χ4n) is 4.81. The number of halogens is 2. The first kappa shape index (κ1) is 25.4. The van der Waals surface area contributed by atoms with E-state index >= 15 is 0 Å². The molecule has 35 heavy (non-hydrogen) atoms. The number of carbonyl (C=O) groups is 1. The number of aliphatic hydroxyl groups is 1. The van der Waals surface area contributed by atoms with Gasteiger partial charge in [0, 0.05) is 18.5 Å². The van der Waals surface area contributed by atoms with Crippen LogP contribution in [0.15, 0.2) is 41.2 Å². The quantitative estimate of drug-likeness (QED) is 0.460. The third-order valence-electron chi connectivity index (χ3n) is 6.56. The lowest BCUT2D eigenvalue weighted by molar-refractivity contribution is -0.0686. The number of hydrogen-bond acceptors (Lipinski definition) is 6. The molecular formula is C25H28Cl2N4O4. The Morgan fingerprint density at radius 3 is 2.74 bits per heavy atom. The Labute approximate surface area is 213 Å². The molecule has 1 amide bonds. The molecule has 3 unspecified atom stereocenters. The molecule has 8 nitrogen and oxygen atoms in total. The summed E-state index contributed by atoms with van der Waals surface area (Å²) in [5.74, 6) is -0.0509. The molecule has 0 aliphatic heterocycles. The Balaban J connectivity index is 1.57. The lowest BCUT2D eigenvalue weighted by Crippen LogP contribution is -2.51. The predicted octanol–water partition coefficient (Wildman–Crippen LogP) is 3.59. The van der Waals surface area contributed by atoms with Crippen molar-refractivity contribution in [1.82, 2.24) is 20.2 Å². The van der Waals surface area contributed by atoms with Crippen molar-refractivity contribution in [2.24, 2.45) is 5.92 Å². The molecule has 2 aromatic carbocycles. The summed E-state index contributed by atoms with van der Waals surface area (Å²) in [5.41, 5.74) is -0.375. The number of nitrogens with zero attached hydrogens (tertiary/aromatic N) is 2. The fourth-order valence-corrected chi connectivity index (χ4v) is 5.14. The predicted molar refractivity (Wildman–Crippen MR) is 136 cm³/mol. The van der Waals surface area contributed by atoms with Crippen molar-refractivity contribution in [2.45, 2.75) is 30.9 Å². The summed E-state index contributed by atoms with van der Waals surface area (Å²) in [6, 6.07) is 10.2. The van der Waals surface area contributed by atoms with Gasteiger partial charge in [-0.05, 0) is 63.2 Å². The van der Waals surface area contributed by atoms with Crippen LogP contribution in [0.1, 0.15) is 35.3 Å². The Morgan fingerprint density at radius 2 is 2.03 bits per heavy atom. The summed E-state index contributed by atoms with van der Waals surface area (Å²) in [6.45, 7) is 0.619. The van der Waals surface area contributed by atoms with Crippen molar-refractivity contribution in [3.8, 4) is 5.75 Å². The van der Waals surface area contributed by atoms with Gasteiger partial charge in [-0.2, -0.15) is 0 Å². The Bertz CT molecular complexity index is 1310. The molecule has 10 heteroatoms. The fraction of sp³-hybridized carbons (Fsp3) is 0.400. The number of methoxy groups -OCH3 is 1. The number of ether oxygens (including phenoxy) is 1. The summed E-state index contributed by atoms with van der Waals surface area (Å²) < 4.78 is 5.35. The molecular weight excluding hydrogens is 491 g/mol. The molecule has 0 saturated heterocycles. The van der Waals surface area contributed by atoms with Gasteiger partial charge < -0.3 is 25.0 Å². The van der Waals surface area contributed by atoms with E-state index in [1.54, 1.807) is 7.11 Å². The summed E-state index contributed by atoms with van der Waals surface area (Å²) >= 11 is 12.1. The largest absolute Gasteiger partial charge is 0.497 e. The highest BCUT2D eigenvalue weighted by Gasteiger charge is 2.44. The minimum absolute atomic E-state index is 0.160. The number of benzene rings is 2. The number of H-pyrrole nitrogens is 1. The molecule has 3 aromatic rings. The average molecular weight is 519 g/mol. The zero-order valence-corrected chi connectivity index (χ0v) is 21.3. The zero-order chi connectivity index (χ0) is 25.3. The van der Waals surface area contributed by atoms with Crippen LogP contribution in [0.4, 0.5) is 0 Å².